The quantitative estimate of drug-likeness (QED) is 0.0581. The number of benzene rings is 4. The number of carbonyl (C=O) groups is 4. The van der Waals surface area contributed by atoms with Gasteiger partial charge < -0.3 is 35.1 Å². The number of alkyl halides is 3. The first kappa shape index (κ1) is 51.4. The Labute approximate surface area is 353 Å². The highest BCUT2D eigenvalue weighted by Crippen LogP contribution is 2.33. The monoisotopic (exact) mass is 912 g/mol. The maximum atomic E-state index is 12.9. The minimum absolute atomic E-state index is 0.0135. The van der Waals surface area contributed by atoms with Crippen molar-refractivity contribution >= 4 is 77.5 Å². The van der Waals surface area contributed by atoms with Gasteiger partial charge in [0.1, 0.15) is 18.1 Å². The molecule has 2 atom stereocenters. The van der Waals surface area contributed by atoms with E-state index in [2.05, 4.69) is 32.0 Å². The molecule has 0 fully saturated rings. The molecular formula is C38H39Cl4F3N2O10S. The third-order valence-corrected chi connectivity index (χ3v) is 7.15. The molecule has 20 heteroatoms. The maximum absolute atomic E-state index is 12.9. The SMILES string of the molecule is CC(=O)NCCO.CC(=O)NCCOC(=O)C(Oc1cccc(C(F)(F)F)c1)c1ccc(Cl)cc1.Cc1cccc(OC(C(=O)O)c2ccc(Cl)cc2)c1.O=S(Cl)Cl. The van der Waals surface area contributed by atoms with Gasteiger partial charge in [0, 0.05) is 62.9 Å². The zero-order chi connectivity index (χ0) is 43.8. The second-order valence-electron chi connectivity index (χ2n) is 11.3. The smallest absolute Gasteiger partial charge is 0.416 e. The number of hydrogen-bond donors (Lipinski definition) is 4. The van der Waals surface area contributed by atoms with Crippen LogP contribution in [0.5, 0.6) is 11.5 Å². The van der Waals surface area contributed by atoms with Crippen molar-refractivity contribution in [3.63, 3.8) is 0 Å². The molecule has 0 saturated carbocycles. The molecule has 0 heterocycles. The zero-order valence-electron chi connectivity index (χ0n) is 30.9. The summed E-state index contributed by atoms with van der Waals surface area (Å²) in [6.07, 6.45) is -6.90. The Morgan fingerprint density at radius 1 is 0.741 bits per heavy atom. The predicted octanol–water partition coefficient (Wildman–Crippen LogP) is 8.17. The molecule has 4 aromatic rings. The molecule has 12 nitrogen and oxygen atoms in total. The summed E-state index contributed by atoms with van der Waals surface area (Å²) in [7, 11) is 7.36. The number of aliphatic hydroxyl groups excluding tert-OH is 1. The molecule has 2 unspecified atom stereocenters. The number of amides is 2. The van der Waals surface area contributed by atoms with Crippen molar-refractivity contribution in [2.75, 3.05) is 26.3 Å². The normalized spacial score (nSPS) is 11.4. The Bertz CT molecular complexity index is 1920. The predicted molar refractivity (Wildman–Crippen MR) is 215 cm³/mol. The van der Waals surface area contributed by atoms with Gasteiger partial charge in [0.05, 0.1) is 18.7 Å². The standard InChI is InChI=1S/C19H17ClF3NO4.C15H13ClO3.C4H9NO2.Cl2OS/c1-12(25)24-9-10-27-18(26)17(13-5-7-15(20)8-6-13)28-16-4-2-3-14(11-16)19(21,22)23;1-10-3-2-4-13(9-10)19-14(15(17)18)11-5-7-12(16)8-6-11;1-4(7)5-2-3-6;1-4(2)3/h2-8,11,17H,9-10H2,1H3,(H,24,25);2-9,14H,1H3,(H,17,18);6H,2-3H2,1H3,(H,5,7);. The van der Waals surface area contributed by atoms with E-state index in [9.17, 15) is 37.5 Å². The largest absolute Gasteiger partial charge is 0.478 e. The summed E-state index contributed by atoms with van der Waals surface area (Å²) in [5, 5.41) is 23.2. The van der Waals surface area contributed by atoms with Crippen LogP contribution in [0.15, 0.2) is 97.1 Å². The number of esters is 1. The van der Waals surface area contributed by atoms with Gasteiger partial charge in [0.2, 0.25) is 33.2 Å². The van der Waals surface area contributed by atoms with Gasteiger partial charge in [-0.25, -0.2) is 13.8 Å². The van der Waals surface area contributed by atoms with E-state index in [-0.39, 0.29) is 37.3 Å². The van der Waals surface area contributed by atoms with E-state index in [0.29, 0.717) is 33.5 Å². The van der Waals surface area contributed by atoms with Gasteiger partial charge in [0.15, 0.2) is 0 Å². The highest BCUT2D eigenvalue weighted by molar-refractivity contribution is 8.26. The van der Waals surface area contributed by atoms with Crippen LogP contribution in [-0.2, 0) is 39.3 Å². The number of aliphatic carboxylic acids is 1. The Kier molecular flexibility index (Phi) is 24.1. The summed E-state index contributed by atoms with van der Waals surface area (Å²) in [6.45, 7) is 5.00. The van der Waals surface area contributed by atoms with Gasteiger partial charge in [-0.05, 0) is 67.1 Å². The summed E-state index contributed by atoms with van der Waals surface area (Å²) in [4.78, 5) is 44.6. The van der Waals surface area contributed by atoms with E-state index in [4.69, 9.17) is 46.7 Å². The molecule has 0 radical (unpaired) electrons. The maximum Gasteiger partial charge on any atom is 0.416 e. The molecule has 0 bridgehead atoms. The second-order valence-corrected chi connectivity index (χ2v) is 14.7. The average molecular weight is 915 g/mol. The fraction of sp³-hybridized carbons (Fsp3) is 0.263. The molecule has 2 amide bonds. The first-order valence-electron chi connectivity index (χ1n) is 16.5. The van der Waals surface area contributed by atoms with E-state index in [1.54, 1.807) is 36.4 Å². The number of ether oxygens (including phenoxy) is 3. The van der Waals surface area contributed by atoms with Gasteiger partial charge in [-0.1, -0.05) is 65.7 Å². The van der Waals surface area contributed by atoms with Crippen LogP contribution in [-0.4, -0.2) is 64.5 Å². The van der Waals surface area contributed by atoms with Crippen LogP contribution in [0.4, 0.5) is 13.2 Å². The van der Waals surface area contributed by atoms with Crippen LogP contribution >= 0.6 is 44.6 Å². The van der Waals surface area contributed by atoms with Crippen molar-refractivity contribution in [3.05, 3.63) is 129 Å². The van der Waals surface area contributed by atoms with Crippen LogP contribution in [0.3, 0.4) is 0 Å². The molecule has 0 aliphatic rings. The molecule has 316 valence electrons. The van der Waals surface area contributed by atoms with Crippen LogP contribution < -0.4 is 20.1 Å². The second kappa shape index (κ2) is 27.2. The van der Waals surface area contributed by atoms with Crippen molar-refractivity contribution in [3.8, 4) is 11.5 Å². The van der Waals surface area contributed by atoms with Crippen LogP contribution in [0.2, 0.25) is 10.0 Å². The number of carboxylic acids is 1. The van der Waals surface area contributed by atoms with E-state index in [1.807, 2.05) is 19.1 Å². The van der Waals surface area contributed by atoms with E-state index < -0.39 is 45.1 Å². The molecule has 0 aromatic heterocycles. The van der Waals surface area contributed by atoms with Gasteiger partial charge in [-0.3, -0.25) is 9.59 Å². The summed E-state index contributed by atoms with van der Waals surface area (Å²) in [5.41, 5.74) is 1.02. The Morgan fingerprint density at radius 2 is 1.19 bits per heavy atom. The molecule has 4 rings (SSSR count). The van der Waals surface area contributed by atoms with Crippen molar-refractivity contribution in [2.45, 2.75) is 39.2 Å². The van der Waals surface area contributed by atoms with E-state index in [1.165, 1.54) is 50.2 Å². The Hall–Kier alpha value is -4.58. The molecule has 0 aliphatic heterocycles. The molecule has 0 spiro atoms. The Morgan fingerprint density at radius 3 is 1.62 bits per heavy atom. The van der Waals surface area contributed by atoms with Gasteiger partial charge >= 0.3 is 18.1 Å². The molecule has 0 aliphatic carbocycles. The molecule has 58 heavy (non-hydrogen) atoms. The number of aryl methyl sites for hydroxylation is 1. The van der Waals surface area contributed by atoms with E-state index >= 15 is 0 Å². The van der Waals surface area contributed by atoms with Crippen LogP contribution in [0, 0.1) is 6.92 Å². The third-order valence-electron chi connectivity index (χ3n) is 6.65. The molecular weight excluding hydrogens is 875 g/mol. The summed E-state index contributed by atoms with van der Waals surface area (Å²) in [5.74, 6) is -1.86. The summed E-state index contributed by atoms with van der Waals surface area (Å²) in [6, 6.07) is 24.1. The summed E-state index contributed by atoms with van der Waals surface area (Å²) < 4.78 is 63.9. The zero-order valence-corrected chi connectivity index (χ0v) is 34.8. The summed E-state index contributed by atoms with van der Waals surface area (Å²) >= 11 is 11.6. The van der Waals surface area contributed by atoms with Gasteiger partial charge in [-0.15, -0.1) is 0 Å². The lowest BCUT2D eigenvalue weighted by atomic mass is 10.1. The fourth-order valence-electron chi connectivity index (χ4n) is 4.18. The van der Waals surface area contributed by atoms with Crippen LogP contribution in [0.25, 0.3) is 0 Å². The number of carbonyl (C=O) groups excluding carboxylic acids is 3. The van der Waals surface area contributed by atoms with Crippen molar-refractivity contribution in [1.29, 1.82) is 0 Å². The first-order valence-corrected chi connectivity index (χ1v) is 20.1. The van der Waals surface area contributed by atoms with Crippen LogP contribution in [0.1, 0.15) is 48.3 Å². The number of hydrogen-bond acceptors (Lipinski definition) is 9. The number of nitrogens with one attached hydrogen (secondary N) is 2. The lowest BCUT2D eigenvalue weighted by Gasteiger charge is -2.19. The minimum Gasteiger partial charge on any atom is -0.478 e. The third kappa shape index (κ3) is 22.4. The Balaban J connectivity index is 0.000000479. The topological polar surface area (TPSA) is 178 Å². The van der Waals surface area contributed by atoms with Gasteiger partial charge in [-0.2, -0.15) is 13.2 Å². The molecule has 4 N–H and O–H groups in total. The first-order chi connectivity index (χ1) is 27.2. The van der Waals surface area contributed by atoms with Crippen molar-refractivity contribution < 1.29 is 61.0 Å². The number of aliphatic hydroxyl groups is 1. The minimum atomic E-state index is -4.55. The number of rotatable bonds is 13. The number of halogens is 7. The van der Waals surface area contributed by atoms with E-state index in [0.717, 1.165) is 17.7 Å². The lowest BCUT2D eigenvalue weighted by Crippen LogP contribution is -2.28. The molecule has 4 aromatic carbocycles. The number of carboxylic acid groups (broad SMARTS) is 1. The van der Waals surface area contributed by atoms with Crippen molar-refractivity contribution in [2.24, 2.45) is 0 Å². The fourth-order valence-corrected chi connectivity index (χ4v) is 4.43. The molecule has 0 saturated heterocycles. The van der Waals surface area contributed by atoms with Gasteiger partial charge in [0.25, 0.3) is 0 Å². The lowest BCUT2D eigenvalue weighted by molar-refractivity contribution is -0.152. The highest BCUT2D eigenvalue weighted by atomic mass is 36.0. The highest BCUT2D eigenvalue weighted by Gasteiger charge is 2.32. The average Bonchev–Trinajstić information content (AvgIpc) is 3.14. The van der Waals surface area contributed by atoms with Crippen molar-refractivity contribution in [1.82, 2.24) is 10.6 Å².